The van der Waals surface area contributed by atoms with E-state index >= 15 is 0 Å². The molecule has 1 heterocycles. The van der Waals surface area contributed by atoms with Crippen molar-refractivity contribution in [2.75, 3.05) is 19.6 Å². The number of ether oxygens (including phenoxy) is 1. The summed E-state index contributed by atoms with van der Waals surface area (Å²) in [5.41, 5.74) is 6.72. The summed E-state index contributed by atoms with van der Waals surface area (Å²) in [7, 11) is 0. The van der Waals surface area contributed by atoms with Gasteiger partial charge in [-0.1, -0.05) is 37.3 Å². The fourth-order valence-electron chi connectivity index (χ4n) is 2.61. The molecule has 19 heavy (non-hydrogen) atoms. The average molecular weight is 262 g/mol. The molecule has 1 saturated heterocycles. The van der Waals surface area contributed by atoms with E-state index in [4.69, 9.17) is 10.5 Å². The molecule has 1 aliphatic heterocycles. The summed E-state index contributed by atoms with van der Waals surface area (Å²) in [5.74, 6) is 0.889. The first-order valence-electron chi connectivity index (χ1n) is 6.84. The number of amides is 1. The second kappa shape index (κ2) is 6.57. The van der Waals surface area contributed by atoms with Crippen molar-refractivity contribution < 1.29 is 9.53 Å². The molecule has 1 amide bonds. The lowest BCUT2D eigenvalue weighted by Crippen LogP contribution is -2.45. The molecule has 0 aromatic heterocycles. The minimum atomic E-state index is -0.228. The van der Waals surface area contributed by atoms with Crippen LogP contribution in [0.2, 0.25) is 0 Å². The van der Waals surface area contributed by atoms with Crippen molar-refractivity contribution in [3.8, 4) is 0 Å². The number of piperidine rings is 1. The highest BCUT2D eigenvalue weighted by Crippen LogP contribution is 2.21. The van der Waals surface area contributed by atoms with E-state index in [0.29, 0.717) is 31.5 Å². The second-order valence-corrected chi connectivity index (χ2v) is 5.39. The van der Waals surface area contributed by atoms with E-state index in [1.54, 1.807) is 4.90 Å². The molecule has 0 radical (unpaired) electrons. The Labute approximate surface area is 114 Å². The van der Waals surface area contributed by atoms with Crippen LogP contribution in [-0.4, -0.2) is 30.6 Å². The van der Waals surface area contributed by atoms with E-state index in [1.807, 2.05) is 30.3 Å². The number of hydrogen-bond acceptors (Lipinski definition) is 3. The van der Waals surface area contributed by atoms with Crippen molar-refractivity contribution in [1.29, 1.82) is 0 Å². The summed E-state index contributed by atoms with van der Waals surface area (Å²) < 4.78 is 5.35. The van der Waals surface area contributed by atoms with Gasteiger partial charge < -0.3 is 15.4 Å². The van der Waals surface area contributed by atoms with Gasteiger partial charge in [0.1, 0.15) is 6.61 Å². The highest BCUT2D eigenvalue weighted by Gasteiger charge is 2.27. The first kappa shape index (κ1) is 13.9. The summed E-state index contributed by atoms with van der Waals surface area (Å²) in [5, 5.41) is 0. The number of rotatable bonds is 3. The SMILES string of the molecule is C[C@@H]1C[C@@H](CN)CN(C(=O)OCc2ccccc2)C1. The molecule has 0 aliphatic carbocycles. The molecule has 0 saturated carbocycles. The van der Waals surface area contributed by atoms with Crippen molar-refractivity contribution >= 4 is 6.09 Å². The van der Waals surface area contributed by atoms with E-state index in [9.17, 15) is 4.79 Å². The van der Waals surface area contributed by atoms with Gasteiger partial charge in [0.25, 0.3) is 0 Å². The zero-order valence-electron chi connectivity index (χ0n) is 11.4. The molecule has 104 valence electrons. The van der Waals surface area contributed by atoms with Gasteiger partial charge in [0.15, 0.2) is 0 Å². The molecule has 2 atom stereocenters. The maximum absolute atomic E-state index is 12.0. The van der Waals surface area contributed by atoms with Gasteiger partial charge in [0, 0.05) is 13.1 Å². The molecular formula is C15H22N2O2. The number of carbonyl (C=O) groups is 1. The maximum atomic E-state index is 12.0. The van der Waals surface area contributed by atoms with Crippen molar-refractivity contribution in [3.63, 3.8) is 0 Å². The predicted octanol–water partition coefficient (Wildman–Crippen LogP) is 2.24. The van der Waals surface area contributed by atoms with Crippen LogP contribution in [0.5, 0.6) is 0 Å². The van der Waals surface area contributed by atoms with Gasteiger partial charge in [-0.2, -0.15) is 0 Å². The number of carbonyl (C=O) groups excluding carboxylic acids is 1. The van der Waals surface area contributed by atoms with E-state index < -0.39 is 0 Å². The van der Waals surface area contributed by atoms with Crippen LogP contribution < -0.4 is 5.73 Å². The summed E-state index contributed by atoms with van der Waals surface area (Å²) in [4.78, 5) is 13.8. The molecule has 0 spiro atoms. The van der Waals surface area contributed by atoms with Gasteiger partial charge in [-0.3, -0.25) is 0 Å². The molecule has 1 aliphatic rings. The van der Waals surface area contributed by atoms with E-state index in [2.05, 4.69) is 6.92 Å². The summed E-state index contributed by atoms with van der Waals surface area (Å²) >= 11 is 0. The van der Waals surface area contributed by atoms with Crippen LogP contribution in [0.1, 0.15) is 18.9 Å². The van der Waals surface area contributed by atoms with E-state index in [1.165, 1.54) is 0 Å². The Morgan fingerprint density at radius 2 is 2.11 bits per heavy atom. The number of hydrogen-bond donors (Lipinski definition) is 1. The van der Waals surface area contributed by atoms with Crippen LogP contribution in [0.15, 0.2) is 30.3 Å². The lowest BCUT2D eigenvalue weighted by Gasteiger charge is -2.35. The first-order valence-corrected chi connectivity index (χ1v) is 6.84. The third kappa shape index (κ3) is 3.96. The van der Waals surface area contributed by atoms with E-state index in [-0.39, 0.29) is 6.09 Å². The van der Waals surface area contributed by atoms with Gasteiger partial charge >= 0.3 is 6.09 Å². The normalized spacial score (nSPS) is 23.2. The van der Waals surface area contributed by atoms with Crippen LogP contribution in [0.3, 0.4) is 0 Å². The Balaban J connectivity index is 1.85. The van der Waals surface area contributed by atoms with Crippen molar-refractivity contribution in [2.24, 2.45) is 17.6 Å². The lowest BCUT2D eigenvalue weighted by molar-refractivity contribution is 0.0683. The highest BCUT2D eigenvalue weighted by atomic mass is 16.6. The molecule has 4 heteroatoms. The van der Waals surface area contributed by atoms with Crippen LogP contribution in [0, 0.1) is 11.8 Å². The fourth-order valence-corrected chi connectivity index (χ4v) is 2.61. The molecule has 2 N–H and O–H groups in total. The van der Waals surface area contributed by atoms with Crippen LogP contribution >= 0.6 is 0 Å². The zero-order valence-corrected chi connectivity index (χ0v) is 11.4. The van der Waals surface area contributed by atoms with Crippen molar-refractivity contribution in [1.82, 2.24) is 4.90 Å². The Morgan fingerprint density at radius 1 is 1.37 bits per heavy atom. The largest absolute Gasteiger partial charge is 0.445 e. The van der Waals surface area contributed by atoms with Crippen LogP contribution in [-0.2, 0) is 11.3 Å². The smallest absolute Gasteiger partial charge is 0.410 e. The van der Waals surface area contributed by atoms with Gasteiger partial charge in [-0.05, 0) is 30.4 Å². The minimum Gasteiger partial charge on any atom is -0.445 e. The maximum Gasteiger partial charge on any atom is 0.410 e. The minimum absolute atomic E-state index is 0.228. The third-order valence-corrected chi connectivity index (χ3v) is 3.54. The van der Waals surface area contributed by atoms with Gasteiger partial charge in [0.05, 0.1) is 0 Å². The quantitative estimate of drug-likeness (QED) is 0.909. The number of nitrogens with zero attached hydrogens (tertiary/aromatic N) is 1. The number of likely N-dealkylation sites (tertiary alicyclic amines) is 1. The second-order valence-electron chi connectivity index (χ2n) is 5.39. The molecule has 1 fully saturated rings. The fraction of sp³-hybridized carbons (Fsp3) is 0.533. The standard InChI is InChI=1S/C15H22N2O2/c1-12-7-14(8-16)10-17(9-12)15(18)19-11-13-5-3-2-4-6-13/h2-6,12,14H,7-11,16H2,1H3/t12-,14+/m1/s1. The molecule has 1 aromatic rings. The van der Waals surface area contributed by atoms with Crippen molar-refractivity contribution in [2.45, 2.75) is 20.0 Å². The van der Waals surface area contributed by atoms with Gasteiger partial charge in [-0.25, -0.2) is 4.79 Å². The topological polar surface area (TPSA) is 55.6 Å². The Bertz CT molecular complexity index is 408. The zero-order chi connectivity index (χ0) is 13.7. The summed E-state index contributed by atoms with van der Waals surface area (Å²) in [6.45, 7) is 4.60. The molecule has 1 aromatic carbocycles. The predicted molar refractivity (Wildman–Crippen MR) is 74.5 cm³/mol. The van der Waals surface area contributed by atoms with Gasteiger partial charge in [-0.15, -0.1) is 0 Å². The molecule has 0 bridgehead atoms. The Hall–Kier alpha value is -1.55. The summed E-state index contributed by atoms with van der Waals surface area (Å²) in [6, 6.07) is 9.74. The van der Waals surface area contributed by atoms with Crippen LogP contribution in [0.4, 0.5) is 4.79 Å². The number of nitrogens with two attached hydrogens (primary N) is 1. The monoisotopic (exact) mass is 262 g/mol. The van der Waals surface area contributed by atoms with Crippen LogP contribution in [0.25, 0.3) is 0 Å². The van der Waals surface area contributed by atoms with Crippen molar-refractivity contribution in [3.05, 3.63) is 35.9 Å². The first-order chi connectivity index (χ1) is 9.19. The van der Waals surface area contributed by atoms with Gasteiger partial charge in [0.2, 0.25) is 0 Å². The highest BCUT2D eigenvalue weighted by molar-refractivity contribution is 5.67. The molecule has 0 unspecified atom stereocenters. The van der Waals surface area contributed by atoms with E-state index in [0.717, 1.165) is 18.5 Å². The molecule has 2 rings (SSSR count). The summed E-state index contributed by atoms with van der Waals surface area (Å²) in [6.07, 6.45) is 0.868. The number of benzene rings is 1. The Morgan fingerprint density at radius 3 is 2.79 bits per heavy atom. The average Bonchev–Trinajstić information content (AvgIpc) is 2.45. The molecular weight excluding hydrogens is 240 g/mol. The molecule has 4 nitrogen and oxygen atoms in total. The Kier molecular flexibility index (Phi) is 4.80. The third-order valence-electron chi connectivity index (χ3n) is 3.54. The lowest BCUT2D eigenvalue weighted by atomic mass is 9.91.